The van der Waals surface area contributed by atoms with Crippen molar-refractivity contribution in [3.05, 3.63) is 29.3 Å². The van der Waals surface area contributed by atoms with Crippen LogP contribution < -0.4 is 4.74 Å². The summed E-state index contributed by atoms with van der Waals surface area (Å²) in [7, 11) is 0. The molecule has 0 heterocycles. The molecule has 1 aliphatic carbocycles. The van der Waals surface area contributed by atoms with Crippen molar-refractivity contribution in [1.82, 2.24) is 0 Å². The summed E-state index contributed by atoms with van der Waals surface area (Å²) in [6.07, 6.45) is 1.74. The largest absolute Gasteiger partial charge is 0.490 e. The first-order valence-electron chi connectivity index (χ1n) is 7.51. The highest BCUT2D eigenvalue weighted by atomic mass is 16.5. The summed E-state index contributed by atoms with van der Waals surface area (Å²) < 4.78 is 10.7. The Morgan fingerprint density at radius 1 is 1.17 bits per heavy atom. The van der Waals surface area contributed by atoms with Crippen LogP contribution in [-0.4, -0.2) is 52.7 Å². The molecular weight excluding hydrogens is 304 g/mol. The van der Waals surface area contributed by atoms with Crippen LogP contribution in [0.2, 0.25) is 0 Å². The van der Waals surface area contributed by atoms with E-state index in [9.17, 15) is 14.7 Å². The van der Waals surface area contributed by atoms with Crippen molar-refractivity contribution in [2.24, 2.45) is 0 Å². The quantitative estimate of drug-likeness (QED) is 0.674. The summed E-state index contributed by atoms with van der Waals surface area (Å²) in [6.45, 7) is -0.314. The van der Waals surface area contributed by atoms with Crippen LogP contribution in [0.4, 0.5) is 0 Å². The second kappa shape index (κ2) is 7.94. The lowest BCUT2D eigenvalue weighted by Crippen LogP contribution is -2.27. The highest BCUT2D eigenvalue weighted by Crippen LogP contribution is 2.26. The van der Waals surface area contributed by atoms with E-state index in [4.69, 9.17) is 19.7 Å². The number of aliphatic hydroxyl groups excluding tert-OH is 2. The Kier molecular flexibility index (Phi) is 5.95. The van der Waals surface area contributed by atoms with Gasteiger partial charge in [-0.1, -0.05) is 0 Å². The molecule has 126 valence electrons. The van der Waals surface area contributed by atoms with Crippen LogP contribution in [0.15, 0.2) is 18.2 Å². The number of hydrogen-bond acceptors (Lipinski definition) is 6. The molecule has 2 rings (SSSR count). The zero-order chi connectivity index (χ0) is 16.8. The first kappa shape index (κ1) is 17.2. The minimum atomic E-state index is -1.14. The van der Waals surface area contributed by atoms with Gasteiger partial charge in [0.05, 0.1) is 18.3 Å². The topological polar surface area (TPSA) is 113 Å². The number of rotatable bonds is 6. The second-order valence-electron chi connectivity index (χ2n) is 5.42. The van der Waals surface area contributed by atoms with Crippen LogP contribution in [0.25, 0.3) is 0 Å². The number of aliphatic hydroxyl groups is 2. The predicted molar refractivity (Wildman–Crippen MR) is 79.7 cm³/mol. The highest BCUT2D eigenvalue weighted by Gasteiger charge is 2.25. The van der Waals surface area contributed by atoms with E-state index in [0.29, 0.717) is 25.7 Å². The zero-order valence-corrected chi connectivity index (χ0v) is 12.6. The van der Waals surface area contributed by atoms with Crippen molar-refractivity contribution in [2.75, 3.05) is 13.2 Å². The first-order chi connectivity index (χ1) is 11.0. The van der Waals surface area contributed by atoms with Crippen molar-refractivity contribution in [3.63, 3.8) is 0 Å². The van der Waals surface area contributed by atoms with Crippen molar-refractivity contribution < 1.29 is 34.4 Å². The van der Waals surface area contributed by atoms with Crippen LogP contribution in [0, 0.1) is 0 Å². The third kappa shape index (κ3) is 4.67. The van der Waals surface area contributed by atoms with E-state index in [2.05, 4.69) is 0 Å². The fourth-order valence-corrected chi connectivity index (χ4v) is 2.48. The van der Waals surface area contributed by atoms with Gasteiger partial charge in [-0.3, -0.25) is 0 Å². The van der Waals surface area contributed by atoms with E-state index in [1.165, 1.54) is 18.2 Å². The van der Waals surface area contributed by atoms with Crippen LogP contribution in [-0.2, 0) is 4.74 Å². The average molecular weight is 324 g/mol. The number of carboxylic acids is 1. The maximum atomic E-state index is 12.3. The SMILES string of the molecule is O=C(O)c1ccc(C(=O)OC2CCC(O)CC2)c(OCCO)c1. The number of aromatic carboxylic acids is 1. The van der Waals surface area contributed by atoms with Crippen molar-refractivity contribution in [1.29, 1.82) is 0 Å². The van der Waals surface area contributed by atoms with Gasteiger partial charge in [0.2, 0.25) is 0 Å². The number of hydrogen-bond donors (Lipinski definition) is 3. The minimum Gasteiger partial charge on any atom is -0.490 e. The van der Waals surface area contributed by atoms with E-state index in [1.54, 1.807) is 0 Å². The van der Waals surface area contributed by atoms with E-state index < -0.39 is 11.9 Å². The van der Waals surface area contributed by atoms with Crippen LogP contribution in [0.3, 0.4) is 0 Å². The molecule has 0 radical (unpaired) electrons. The summed E-state index contributed by atoms with van der Waals surface area (Å²) in [6, 6.07) is 3.88. The number of carboxylic acid groups (broad SMARTS) is 1. The molecule has 1 aromatic carbocycles. The van der Waals surface area contributed by atoms with Gasteiger partial charge in [0.1, 0.15) is 24.0 Å². The fraction of sp³-hybridized carbons (Fsp3) is 0.500. The van der Waals surface area contributed by atoms with E-state index >= 15 is 0 Å². The summed E-state index contributed by atoms with van der Waals surface area (Å²) in [5.74, 6) is -1.67. The third-order valence-electron chi connectivity index (χ3n) is 3.71. The van der Waals surface area contributed by atoms with Crippen LogP contribution in [0.1, 0.15) is 46.4 Å². The Hall–Kier alpha value is -2.12. The Labute approximate surface area is 133 Å². The molecule has 0 amide bonds. The normalized spacial score (nSPS) is 20.8. The van der Waals surface area contributed by atoms with E-state index in [0.717, 1.165) is 0 Å². The maximum absolute atomic E-state index is 12.3. The van der Waals surface area contributed by atoms with Gasteiger partial charge < -0.3 is 24.8 Å². The first-order valence-corrected chi connectivity index (χ1v) is 7.51. The number of carbonyl (C=O) groups excluding carboxylic acids is 1. The average Bonchev–Trinajstić information content (AvgIpc) is 2.54. The molecule has 1 aliphatic rings. The molecular formula is C16H20O7. The number of carbonyl (C=O) groups is 2. The molecule has 3 N–H and O–H groups in total. The summed E-state index contributed by atoms with van der Waals surface area (Å²) >= 11 is 0. The Bertz CT molecular complexity index is 562. The molecule has 0 saturated heterocycles. The predicted octanol–water partition coefficient (Wildman–Crippen LogP) is 1.22. The highest BCUT2D eigenvalue weighted by molar-refractivity contribution is 5.95. The van der Waals surface area contributed by atoms with Gasteiger partial charge in [-0.2, -0.15) is 0 Å². The van der Waals surface area contributed by atoms with Gasteiger partial charge in [0.15, 0.2) is 0 Å². The maximum Gasteiger partial charge on any atom is 0.342 e. The fourth-order valence-electron chi connectivity index (χ4n) is 2.48. The van der Waals surface area contributed by atoms with Crippen LogP contribution in [0.5, 0.6) is 5.75 Å². The standard InChI is InChI=1S/C16H20O7/c17-7-8-22-14-9-10(15(19)20)1-6-13(14)16(21)23-12-4-2-11(18)3-5-12/h1,6,9,11-12,17-18H,2-5,7-8H2,(H,19,20). The molecule has 7 nitrogen and oxygen atoms in total. The molecule has 7 heteroatoms. The lowest BCUT2D eigenvalue weighted by molar-refractivity contribution is 0.00421. The van der Waals surface area contributed by atoms with Crippen molar-refractivity contribution in [3.8, 4) is 5.75 Å². The molecule has 0 aromatic heterocycles. The van der Waals surface area contributed by atoms with Crippen molar-refractivity contribution in [2.45, 2.75) is 37.9 Å². The smallest absolute Gasteiger partial charge is 0.342 e. The zero-order valence-electron chi connectivity index (χ0n) is 12.6. The lowest BCUT2D eigenvalue weighted by atomic mass is 9.95. The van der Waals surface area contributed by atoms with Gasteiger partial charge >= 0.3 is 11.9 Å². The molecule has 23 heavy (non-hydrogen) atoms. The summed E-state index contributed by atoms with van der Waals surface area (Å²) in [5, 5.41) is 27.3. The Morgan fingerprint density at radius 3 is 2.48 bits per heavy atom. The third-order valence-corrected chi connectivity index (χ3v) is 3.71. The van der Waals surface area contributed by atoms with Crippen molar-refractivity contribution >= 4 is 11.9 Å². The molecule has 0 bridgehead atoms. The molecule has 1 aromatic rings. The molecule has 1 saturated carbocycles. The van der Waals surface area contributed by atoms with Gasteiger partial charge in [-0.15, -0.1) is 0 Å². The minimum absolute atomic E-state index is 0.0183. The molecule has 0 spiro atoms. The van der Waals surface area contributed by atoms with Gasteiger partial charge in [0.25, 0.3) is 0 Å². The molecule has 1 fully saturated rings. The van der Waals surface area contributed by atoms with Gasteiger partial charge in [-0.05, 0) is 43.9 Å². The monoisotopic (exact) mass is 324 g/mol. The lowest BCUT2D eigenvalue weighted by Gasteiger charge is -2.25. The van der Waals surface area contributed by atoms with Gasteiger partial charge in [-0.25, -0.2) is 9.59 Å². The number of esters is 1. The Morgan fingerprint density at radius 2 is 1.87 bits per heavy atom. The van der Waals surface area contributed by atoms with Crippen LogP contribution >= 0.6 is 0 Å². The van der Waals surface area contributed by atoms with Gasteiger partial charge in [0, 0.05) is 0 Å². The molecule has 0 atom stereocenters. The Balaban J connectivity index is 2.12. The summed E-state index contributed by atoms with van der Waals surface area (Å²) in [5.41, 5.74) is 0.102. The second-order valence-corrected chi connectivity index (χ2v) is 5.42. The number of ether oxygens (including phenoxy) is 2. The molecule has 0 aliphatic heterocycles. The molecule has 0 unspecified atom stereocenters. The van der Waals surface area contributed by atoms with E-state index in [1.807, 2.05) is 0 Å². The summed E-state index contributed by atoms with van der Waals surface area (Å²) in [4.78, 5) is 23.3. The van der Waals surface area contributed by atoms with E-state index in [-0.39, 0.29) is 42.3 Å². The number of benzene rings is 1.